The van der Waals surface area contributed by atoms with Crippen LogP contribution in [-0.2, 0) is 0 Å². The highest BCUT2D eigenvalue weighted by molar-refractivity contribution is 6.09. The second kappa shape index (κ2) is 3.74. The molecule has 0 fully saturated rings. The van der Waals surface area contributed by atoms with Crippen molar-refractivity contribution in [2.24, 2.45) is 0 Å². The summed E-state index contributed by atoms with van der Waals surface area (Å²) >= 11 is 0. The van der Waals surface area contributed by atoms with Crippen LogP contribution in [0.5, 0.6) is 5.88 Å². The molecule has 1 heterocycles. The molecule has 0 aliphatic carbocycles. The Morgan fingerprint density at radius 1 is 0.882 bits per heavy atom. The first-order chi connectivity index (χ1) is 8.31. The third-order valence-electron chi connectivity index (χ3n) is 3.18. The number of ether oxygens (including phenoxy) is 1. The van der Waals surface area contributed by atoms with Crippen LogP contribution in [0.2, 0.25) is 0 Å². The lowest BCUT2D eigenvalue weighted by molar-refractivity contribution is 0.403. The quantitative estimate of drug-likeness (QED) is 0.587. The predicted molar refractivity (Wildman–Crippen MR) is 70.5 cm³/mol. The molecule has 0 saturated heterocycles. The monoisotopic (exact) mass is 223 g/mol. The zero-order valence-electron chi connectivity index (χ0n) is 9.90. The molecule has 2 aromatic carbocycles. The van der Waals surface area contributed by atoms with Crippen molar-refractivity contribution in [2.75, 3.05) is 7.11 Å². The molecule has 0 radical (unpaired) electrons. The van der Waals surface area contributed by atoms with Gasteiger partial charge in [0.15, 0.2) is 0 Å². The van der Waals surface area contributed by atoms with E-state index in [1.165, 1.54) is 21.7 Å². The van der Waals surface area contributed by atoms with Crippen LogP contribution in [0.25, 0.3) is 21.5 Å². The van der Waals surface area contributed by atoms with E-state index < -0.39 is 0 Å². The summed E-state index contributed by atoms with van der Waals surface area (Å²) in [6.07, 6.45) is 1.79. The normalized spacial score (nSPS) is 10.9. The van der Waals surface area contributed by atoms with Crippen LogP contribution in [-0.4, -0.2) is 12.1 Å². The second-order valence-corrected chi connectivity index (χ2v) is 4.15. The van der Waals surface area contributed by atoms with Gasteiger partial charge in [0, 0.05) is 11.6 Å². The molecule has 0 amide bonds. The predicted octanol–water partition coefficient (Wildman–Crippen LogP) is 3.71. The average Bonchev–Trinajstić information content (AvgIpc) is 2.38. The van der Waals surface area contributed by atoms with E-state index in [0.29, 0.717) is 5.88 Å². The number of pyridine rings is 1. The molecule has 0 saturated carbocycles. The van der Waals surface area contributed by atoms with Gasteiger partial charge in [0.05, 0.1) is 7.11 Å². The van der Waals surface area contributed by atoms with Crippen LogP contribution in [0.1, 0.15) is 5.56 Å². The Hall–Kier alpha value is -2.09. The lowest BCUT2D eigenvalue weighted by Gasteiger charge is -2.08. The number of aromatic nitrogens is 1. The fraction of sp³-hybridized carbons (Fsp3) is 0.133. The zero-order chi connectivity index (χ0) is 11.8. The van der Waals surface area contributed by atoms with Crippen molar-refractivity contribution < 1.29 is 4.74 Å². The molecule has 3 aromatic rings. The summed E-state index contributed by atoms with van der Waals surface area (Å²) in [5.41, 5.74) is 1.29. The van der Waals surface area contributed by atoms with E-state index in [1.807, 2.05) is 6.07 Å². The van der Waals surface area contributed by atoms with E-state index in [-0.39, 0.29) is 0 Å². The van der Waals surface area contributed by atoms with Crippen LogP contribution in [0.15, 0.2) is 42.6 Å². The molecule has 3 rings (SSSR count). The van der Waals surface area contributed by atoms with Gasteiger partial charge in [-0.05, 0) is 40.8 Å². The second-order valence-electron chi connectivity index (χ2n) is 4.15. The lowest BCUT2D eigenvalue weighted by Crippen LogP contribution is -1.89. The first kappa shape index (κ1) is 10.1. The number of nitrogens with zero attached hydrogens (tertiary/aromatic N) is 1. The van der Waals surface area contributed by atoms with Crippen molar-refractivity contribution in [3.63, 3.8) is 0 Å². The number of fused-ring (bicyclic) bond motifs is 3. The molecule has 84 valence electrons. The molecule has 2 nitrogen and oxygen atoms in total. The van der Waals surface area contributed by atoms with Crippen LogP contribution < -0.4 is 4.74 Å². The molecular weight excluding hydrogens is 210 g/mol. The van der Waals surface area contributed by atoms with Crippen LogP contribution >= 0.6 is 0 Å². The number of rotatable bonds is 1. The van der Waals surface area contributed by atoms with E-state index in [0.717, 1.165) is 5.39 Å². The van der Waals surface area contributed by atoms with Gasteiger partial charge >= 0.3 is 0 Å². The number of aryl methyl sites for hydroxylation is 1. The minimum Gasteiger partial charge on any atom is -0.481 e. The van der Waals surface area contributed by atoms with Gasteiger partial charge in [-0.1, -0.05) is 24.3 Å². The zero-order valence-corrected chi connectivity index (χ0v) is 9.90. The first-order valence-electron chi connectivity index (χ1n) is 5.62. The van der Waals surface area contributed by atoms with Crippen molar-refractivity contribution in [1.29, 1.82) is 0 Å². The Morgan fingerprint density at radius 2 is 1.65 bits per heavy atom. The average molecular weight is 223 g/mol. The molecule has 0 atom stereocenters. The highest BCUT2D eigenvalue weighted by Gasteiger charge is 2.06. The minimum absolute atomic E-state index is 0.686. The van der Waals surface area contributed by atoms with E-state index in [2.05, 4.69) is 42.2 Å². The standard InChI is InChI=1S/C15H13NO/c1-10-4-3-5-12-11(10)6-7-14-13(12)8-9-16-15(14)17-2/h3-9H,1-2H3. The van der Waals surface area contributed by atoms with Gasteiger partial charge in [0.2, 0.25) is 5.88 Å². The highest BCUT2D eigenvalue weighted by Crippen LogP contribution is 2.31. The van der Waals surface area contributed by atoms with E-state index in [4.69, 9.17) is 4.74 Å². The molecule has 0 aliphatic heterocycles. The number of benzene rings is 2. The van der Waals surface area contributed by atoms with Crippen LogP contribution in [0.3, 0.4) is 0 Å². The van der Waals surface area contributed by atoms with E-state index in [9.17, 15) is 0 Å². The lowest BCUT2D eigenvalue weighted by atomic mass is 10.00. The van der Waals surface area contributed by atoms with Gasteiger partial charge in [0.1, 0.15) is 0 Å². The number of hydrogen-bond donors (Lipinski definition) is 0. The summed E-state index contributed by atoms with van der Waals surface area (Å²) in [7, 11) is 1.65. The Balaban J connectivity index is 2.53. The van der Waals surface area contributed by atoms with Crippen LogP contribution in [0, 0.1) is 6.92 Å². The molecule has 1 aromatic heterocycles. The van der Waals surface area contributed by atoms with Crippen LogP contribution in [0.4, 0.5) is 0 Å². The maximum absolute atomic E-state index is 5.30. The van der Waals surface area contributed by atoms with E-state index in [1.54, 1.807) is 13.3 Å². The summed E-state index contributed by atoms with van der Waals surface area (Å²) in [5, 5.41) is 4.79. The van der Waals surface area contributed by atoms with Gasteiger partial charge in [0.25, 0.3) is 0 Å². The van der Waals surface area contributed by atoms with E-state index >= 15 is 0 Å². The van der Waals surface area contributed by atoms with Crippen molar-refractivity contribution in [3.8, 4) is 5.88 Å². The van der Waals surface area contributed by atoms with Crippen molar-refractivity contribution in [1.82, 2.24) is 4.98 Å². The molecule has 0 aliphatic rings. The van der Waals surface area contributed by atoms with Gasteiger partial charge < -0.3 is 4.74 Å². The minimum atomic E-state index is 0.686. The van der Waals surface area contributed by atoms with Crippen molar-refractivity contribution in [2.45, 2.75) is 6.92 Å². The first-order valence-corrected chi connectivity index (χ1v) is 5.62. The summed E-state index contributed by atoms with van der Waals surface area (Å²) in [5.74, 6) is 0.686. The molecular formula is C15H13NO. The van der Waals surface area contributed by atoms with Crippen molar-refractivity contribution >= 4 is 21.5 Å². The van der Waals surface area contributed by atoms with Gasteiger partial charge in [-0.2, -0.15) is 0 Å². The molecule has 17 heavy (non-hydrogen) atoms. The smallest absolute Gasteiger partial charge is 0.221 e. The largest absolute Gasteiger partial charge is 0.481 e. The van der Waals surface area contributed by atoms with Gasteiger partial charge in [-0.25, -0.2) is 4.98 Å². The fourth-order valence-corrected chi connectivity index (χ4v) is 2.32. The maximum atomic E-state index is 5.30. The maximum Gasteiger partial charge on any atom is 0.221 e. The molecule has 0 bridgehead atoms. The van der Waals surface area contributed by atoms with Crippen molar-refractivity contribution in [3.05, 3.63) is 48.2 Å². The Kier molecular flexibility index (Phi) is 2.22. The summed E-state index contributed by atoms with van der Waals surface area (Å²) in [6, 6.07) is 12.6. The summed E-state index contributed by atoms with van der Waals surface area (Å²) in [4.78, 5) is 4.23. The molecule has 2 heteroatoms. The highest BCUT2D eigenvalue weighted by atomic mass is 16.5. The van der Waals surface area contributed by atoms with Gasteiger partial charge in [-0.15, -0.1) is 0 Å². The Bertz CT molecular complexity index is 704. The number of methoxy groups -OCH3 is 1. The fourth-order valence-electron chi connectivity index (χ4n) is 2.32. The Labute approximate surface area is 99.9 Å². The Morgan fingerprint density at radius 3 is 2.47 bits per heavy atom. The molecule has 0 N–H and O–H groups in total. The summed E-state index contributed by atoms with van der Waals surface area (Å²) < 4.78 is 5.30. The SMILES string of the molecule is COc1nccc2c1ccc1c(C)cccc12. The molecule has 0 unspecified atom stereocenters. The van der Waals surface area contributed by atoms with Gasteiger partial charge in [-0.3, -0.25) is 0 Å². The molecule has 0 spiro atoms. The third-order valence-corrected chi connectivity index (χ3v) is 3.18. The topological polar surface area (TPSA) is 22.1 Å². The third kappa shape index (κ3) is 1.45. The number of hydrogen-bond acceptors (Lipinski definition) is 2. The summed E-state index contributed by atoms with van der Waals surface area (Å²) in [6.45, 7) is 2.13.